The van der Waals surface area contributed by atoms with E-state index in [0.29, 0.717) is 0 Å². The Balaban J connectivity index is 0.000000139. The van der Waals surface area contributed by atoms with E-state index in [0.717, 1.165) is 28.5 Å². The fourth-order valence-electron chi connectivity index (χ4n) is 2.28. The molecule has 0 unspecified atom stereocenters. The SMILES string of the molecule is CCCCc1cccc2n[nH]nc12.c1ccc2n[nH]nc2c1. The van der Waals surface area contributed by atoms with Crippen LogP contribution < -0.4 is 0 Å². The second-order valence-electron chi connectivity index (χ2n) is 5.02. The fraction of sp³-hybridized carbons (Fsp3) is 0.250. The number of aromatic nitrogens is 6. The van der Waals surface area contributed by atoms with E-state index in [9.17, 15) is 0 Å². The highest BCUT2D eigenvalue weighted by atomic mass is 15.3. The van der Waals surface area contributed by atoms with E-state index in [1.165, 1.54) is 18.4 Å². The summed E-state index contributed by atoms with van der Waals surface area (Å²) in [5.41, 5.74) is 5.12. The molecule has 0 aliphatic heterocycles. The lowest BCUT2D eigenvalue weighted by atomic mass is 10.1. The Morgan fingerprint density at radius 3 is 2.14 bits per heavy atom. The van der Waals surface area contributed by atoms with Gasteiger partial charge in [0.1, 0.15) is 22.1 Å². The normalized spacial score (nSPS) is 10.6. The molecule has 0 aliphatic carbocycles. The van der Waals surface area contributed by atoms with Crippen LogP contribution in [0.2, 0.25) is 0 Å². The predicted molar refractivity (Wildman–Crippen MR) is 86.4 cm³/mol. The van der Waals surface area contributed by atoms with Crippen LogP contribution in [-0.2, 0) is 6.42 Å². The quantitative estimate of drug-likeness (QED) is 0.607. The first-order valence-corrected chi connectivity index (χ1v) is 7.42. The highest BCUT2D eigenvalue weighted by Gasteiger charge is 2.02. The number of aryl methyl sites for hydroxylation is 1. The van der Waals surface area contributed by atoms with E-state index in [4.69, 9.17) is 0 Å². The van der Waals surface area contributed by atoms with Crippen molar-refractivity contribution in [2.24, 2.45) is 0 Å². The Bertz CT molecular complexity index is 817. The van der Waals surface area contributed by atoms with Crippen LogP contribution in [0, 0.1) is 0 Å². The zero-order valence-corrected chi connectivity index (χ0v) is 12.5. The Hall–Kier alpha value is -2.76. The fourth-order valence-corrected chi connectivity index (χ4v) is 2.28. The maximum atomic E-state index is 4.14. The Kier molecular flexibility index (Phi) is 4.38. The number of unbranched alkanes of at least 4 members (excludes halogenated alkanes) is 1. The summed E-state index contributed by atoms with van der Waals surface area (Å²) in [7, 11) is 0. The van der Waals surface area contributed by atoms with E-state index in [1.807, 2.05) is 36.4 Å². The predicted octanol–water partition coefficient (Wildman–Crippen LogP) is 3.26. The van der Waals surface area contributed by atoms with Gasteiger partial charge in [0.2, 0.25) is 0 Å². The molecular formula is C16H18N6. The van der Waals surface area contributed by atoms with Gasteiger partial charge in [-0.2, -0.15) is 30.8 Å². The van der Waals surface area contributed by atoms with Gasteiger partial charge in [0.15, 0.2) is 0 Å². The molecule has 0 radical (unpaired) electrons. The largest absolute Gasteiger partial charge is 0.197 e. The van der Waals surface area contributed by atoms with Gasteiger partial charge in [0.25, 0.3) is 0 Å². The topological polar surface area (TPSA) is 83.1 Å². The van der Waals surface area contributed by atoms with Gasteiger partial charge < -0.3 is 0 Å². The molecule has 2 aromatic heterocycles. The van der Waals surface area contributed by atoms with Crippen molar-refractivity contribution in [1.29, 1.82) is 0 Å². The monoisotopic (exact) mass is 294 g/mol. The molecule has 112 valence electrons. The minimum atomic E-state index is 0.914. The molecule has 0 saturated heterocycles. The minimum Gasteiger partial charge on any atom is -0.197 e. The summed E-state index contributed by atoms with van der Waals surface area (Å²) in [4.78, 5) is 0. The van der Waals surface area contributed by atoms with Gasteiger partial charge in [-0.25, -0.2) is 0 Å². The van der Waals surface area contributed by atoms with Crippen LogP contribution in [0.15, 0.2) is 42.5 Å². The maximum absolute atomic E-state index is 4.14. The first kappa shape index (κ1) is 14.2. The zero-order valence-electron chi connectivity index (χ0n) is 12.5. The number of nitrogens with one attached hydrogen (secondary N) is 2. The van der Waals surface area contributed by atoms with Crippen LogP contribution >= 0.6 is 0 Å². The van der Waals surface area contributed by atoms with Crippen molar-refractivity contribution < 1.29 is 0 Å². The second kappa shape index (κ2) is 6.80. The molecule has 2 aromatic carbocycles. The van der Waals surface area contributed by atoms with Crippen LogP contribution in [0.1, 0.15) is 25.3 Å². The second-order valence-corrected chi connectivity index (χ2v) is 5.02. The number of hydrogen-bond donors (Lipinski definition) is 2. The molecule has 4 rings (SSSR count). The third kappa shape index (κ3) is 3.11. The van der Waals surface area contributed by atoms with E-state index >= 15 is 0 Å². The molecule has 0 spiro atoms. The van der Waals surface area contributed by atoms with Crippen LogP contribution in [0.5, 0.6) is 0 Å². The molecule has 6 heteroatoms. The van der Waals surface area contributed by atoms with E-state index in [-0.39, 0.29) is 0 Å². The molecule has 2 heterocycles. The first-order valence-electron chi connectivity index (χ1n) is 7.42. The number of rotatable bonds is 3. The number of hydrogen-bond acceptors (Lipinski definition) is 4. The number of para-hydroxylation sites is 3. The number of aromatic amines is 2. The summed E-state index contributed by atoms with van der Waals surface area (Å²) in [5.74, 6) is 0. The van der Waals surface area contributed by atoms with E-state index in [2.05, 4.69) is 43.8 Å². The molecule has 0 amide bonds. The number of nitrogens with zero attached hydrogens (tertiary/aromatic N) is 4. The summed E-state index contributed by atoms with van der Waals surface area (Å²) in [6.45, 7) is 2.20. The van der Waals surface area contributed by atoms with Crippen LogP contribution in [-0.4, -0.2) is 30.8 Å². The molecule has 0 fully saturated rings. The van der Waals surface area contributed by atoms with Crippen molar-refractivity contribution in [2.45, 2.75) is 26.2 Å². The first-order chi connectivity index (χ1) is 10.9. The van der Waals surface area contributed by atoms with Gasteiger partial charge >= 0.3 is 0 Å². The molecule has 0 saturated carbocycles. The maximum Gasteiger partial charge on any atom is 0.116 e. The number of benzene rings is 2. The zero-order chi connectivity index (χ0) is 15.2. The van der Waals surface area contributed by atoms with Crippen LogP contribution in [0.4, 0.5) is 0 Å². The average Bonchev–Trinajstić information content (AvgIpc) is 3.22. The summed E-state index contributed by atoms with van der Waals surface area (Å²) in [6.07, 6.45) is 3.53. The lowest BCUT2D eigenvalue weighted by Gasteiger charge is -1.98. The molecule has 22 heavy (non-hydrogen) atoms. The molecule has 4 aromatic rings. The standard InChI is InChI=1S/C10H13N3.C6H5N3/c1-2-3-5-8-6-4-7-9-10(8)12-13-11-9;1-2-4-6-5(3-1)7-9-8-6/h4,6-7H,2-3,5H2,1H3,(H,11,12,13);1-4H,(H,7,8,9). The van der Waals surface area contributed by atoms with E-state index < -0.39 is 0 Å². The number of H-pyrrole nitrogens is 2. The van der Waals surface area contributed by atoms with Gasteiger partial charge in [0, 0.05) is 0 Å². The Morgan fingerprint density at radius 2 is 1.41 bits per heavy atom. The summed E-state index contributed by atoms with van der Waals surface area (Å²) >= 11 is 0. The van der Waals surface area contributed by atoms with Crippen LogP contribution in [0.25, 0.3) is 22.1 Å². The van der Waals surface area contributed by atoms with Crippen LogP contribution in [0.3, 0.4) is 0 Å². The molecular weight excluding hydrogens is 276 g/mol. The van der Waals surface area contributed by atoms with Gasteiger partial charge in [-0.15, -0.1) is 0 Å². The lowest BCUT2D eigenvalue weighted by Crippen LogP contribution is -1.86. The molecule has 0 bridgehead atoms. The molecule has 6 nitrogen and oxygen atoms in total. The van der Waals surface area contributed by atoms with Gasteiger partial charge in [-0.1, -0.05) is 37.6 Å². The Morgan fingerprint density at radius 1 is 0.773 bits per heavy atom. The summed E-state index contributed by atoms with van der Waals surface area (Å²) in [6, 6.07) is 13.8. The van der Waals surface area contributed by atoms with Crippen molar-refractivity contribution in [2.75, 3.05) is 0 Å². The van der Waals surface area contributed by atoms with Crippen molar-refractivity contribution in [3.63, 3.8) is 0 Å². The van der Waals surface area contributed by atoms with Crippen molar-refractivity contribution >= 4 is 22.1 Å². The third-order valence-electron chi connectivity index (χ3n) is 3.45. The van der Waals surface area contributed by atoms with Gasteiger partial charge in [-0.05, 0) is 36.6 Å². The summed E-state index contributed by atoms with van der Waals surface area (Å²) < 4.78 is 0. The molecule has 2 N–H and O–H groups in total. The van der Waals surface area contributed by atoms with Gasteiger partial charge in [0.05, 0.1) is 0 Å². The average molecular weight is 294 g/mol. The minimum absolute atomic E-state index is 0.914. The third-order valence-corrected chi connectivity index (χ3v) is 3.45. The van der Waals surface area contributed by atoms with Gasteiger partial charge in [-0.3, -0.25) is 0 Å². The van der Waals surface area contributed by atoms with Crippen molar-refractivity contribution in [1.82, 2.24) is 30.8 Å². The summed E-state index contributed by atoms with van der Waals surface area (Å²) in [5, 5.41) is 21.1. The molecule has 0 atom stereocenters. The molecule has 0 aliphatic rings. The Labute approximate surface area is 127 Å². The number of fused-ring (bicyclic) bond motifs is 2. The van der Waals surface area contributed by atoms with Crippen molar-refractivity contribution in [3.8, 4) is 0 Å². The highest BCUT2D eigenvalue weighted by molar-refractivity contribution is 5.77. The lowest BCUT2D eigenvalue weighted by molar-refractivity contribution is 0.797. The smallest absolute Gasteiger partial charge is 0.116 e. The van der Waals surface area contributed by atoms with Crippen molar-refractivity contribution in [3.05, 3.63) is 48.0 Å². The van der Waals surface area contributed by atoms with E-state index in [1.54, 1.807) is 0 Å². The highest BCUT2D eigenvalue weighted by Crippen LogP contribution is 2.15.